The zero-order valence-electron chi connectivity index (χ0n) is 10.7. The molecule has 1 aromatic heterocycles. The molecule has 1 aromatic carbocycles. The number of esters is 2. The zero-order chi connectivity index (χ0) is 13.8. The Morgan fingerprint density at radius 2 is 2.05 bits per heavy atom. The van der Waals surface area contributed by atoms with Gasteiger partial charge in [0, 0.05) is 12.3 Å². The Morgan fingerprint density at radius 1 is 1.32 bits per heavy atom. The van der Waals surface area contributed by atoms with E-state index in [2.05, 4.69) is 0 Å². The lowest BCUT2D eigenvalue weighted by molar-refractivity contribution is -0.168. The third-order valence-corrected chi connectivity index (χ3v) is 2.49. The topological polar surface area (TPSA) is 65.7 Å². The second kappa shape index (κ2) is 5.56. The summed E-state index contributed by atoms with van der Waals surface area (Å²) < 4.78 is 15.4. The predicted octanol–water partition coefficient (Wildman–Crippen LogP) is 2.60. The second-order valence-electron chi connectivity index (χ2n) is 3.93. The van der Waals surface area contributed by atoms with Crippen molar-refractivity contribution >= 4 is 22.9 Å². The first-order valence-corrected chi connectivity index (χ1v) is 5.94. The van der Waals surface area contributed by atoms with Crippen molar-refractivity contribution in [2.24, 2.45) is 0 Å². The van der Waals surface area contributed by atoms with Crippen LogP contribution in [0.1, 0.15) is 25.7 Å². The summed E-state index contributed by atoms with van der Waals surface area (Å²) in [5.41, 5.74) is 0.624. The van der Waals surface area contributed by atoms with Crippen molar-refractivity contribution in [1.29, 1.82) is 0 Å². The molecule has 0 spiro atoms. The van der Waals surface area contributed by atoms with Gasteiger partial charge in [-0.25, -0.2) is 4.79 Å². The molecule has 100 valence electrons. The first-order chi connectivity index (χ1) is 9.11. The lowest BCUT2D eigenvalue weighted by Crippen LogP contribution is -2.20. The summed E-state index contributed by atoms with van der Waals surface area (Å²) in [5, 5.41) is 0.832. The highest BCUT2D eigenvalue weighted by Gasteiger charge is 2.28. The van der Waals surface area contributed by atoms with E-state index in [1.807, 2.05) is 18.2 Å². The number of ether oxygens (including phenoxy) is 2. The van der Waals surface area contributed by atoms with Gasteiger partial charge in [0.1, 0.15) is 5.58 Å². The number of carbonyl (C=O) groups excluding carboxylic acids is 2. The molecule has 0 aliphatic rings. The third kappa shape index (κ3) is 2.93. The Balaban J connectivity index is 2.35. The largest absolute Gasteiger partial charge is 0.463 e. The molecule has 2 rings (SSSR count). The predicted molar refractivity (Wildman–Crippen MR) is 67.4 cm³/mol. The van der Waals surface area contributed by atoms with Gasteiger partial charge in [-0.15, -0.1) is 0 Å². The molecule has 0 amide bonds. The van der Waals surface area contributed by atoms with Crippen LogP contribution < -0.4 is 0 Å². The van der Waals surface area contributed by atoms with Crippen molar-refractivity contribution in [3.05, 3.63) is 36.1 Å². The smallest absolute Gasteiger partial charge is 0.355 e. The lowest BCUT2D eigenvalue weighted by Gasteiger charge is -2.12. The van der Waals surface area contributed by atoms with Gasteiger partial charge in [-0.3, -0.25) is 4.79 Å². The van der Waals surface area contributed by atoms with Crippen LogP contribution in [-0.2, 0) is 19.1 Å². The second-order valence-corrected chi connectivity index (χ2v) is 3.93. The summed E-state index contributed by atoms with van der Waals surface area (Å²) in [6.45, 7) is 3.12. The van der Waals surface area contributed by atoms with E-state index < -0.39 is 18.0 Å². The van der Waals surface area contributed by atoms with Crippen LogP contribution in [0.15, 0.2) is 34.7 Å². The number of hydrogen-bond donors (Lipinski definition) is 0. The highest BCUT2D eigenvalue weighted by Crippen LogP contribution is 2.27. The number of hydrogen-bond acceptors (Lipinski definition) is 5. The average Bonchev–Trinajstić information content (AvgIpc) is 2.79. The Kier molecular flexibility index (Phi) is 3.85. The molecule has 0 saturated heterocycles. The van der Waals surface area contributed by atoms with Crippen LogP contribution >= 0.6 is 0 Å². The Labute approximate surface area is 110 Å². The molecule has 0 aliphatic heterocycles. The zero-order valence-corrected chi connectivity index (χ0v) is 10.7. The Bertz CT molecular complexity index is 566. The van der Waals surface area contributed by atoms with E-state index in [0.29, 0.717) is 5.58 Å². The van der Waals surface area contributed by atoms with E-state index in [4.69, 9.17) is 13.9 Å². The number of carbonyl (C=O) groups is 2. The minimum Gasteiger partial charge on any atom is -0.463 e. The summed E-state index contributed by atoms with van der Waals surface area (Å²) >= 11 is 0. The standard InChI is InChI=1S/C14H14O5/c1-3-17-14(16)13(18-9(2)15)12-8-10-6-4-5-7-11(10)19-12/h4-8,13H,3H2,1-2H3/t13-/m1/s1. The molecule has 1 atom stereocenters. The van der Waals surface area contributed by atoms with E-state index in [1.54, 1.807) is 19.1 Å². The van der Waals surface area contributed by atoms with E-state index in [9.17, 15) is 9.59 Å². The van der Waals surface area contributed by atoms with E-state index in [1.165, 1.54) is 6.92 Å². The molecule has 19 heavy (non-hydrogen) atoms. The van der Waals surface area contributed by atoms with Crippen molar-refractivity contribution in [3.8, 4) is 0 Å². The van der Waals surface area contributed by atoms with Gasteiger partial charge in [-0.2, -0.15) is 0 Å². The molecular formula is C14H14O5. The normalized spacial score (nSPS) is 12.1. The van der Waals surface area contributed by atoms with Crippen molar-refractivity contribution in [2.75, 3.05) is 6.61 Å². The molecule has 5 heteroatoms. The molecular weight excluding hydrogens is 248 g/mol. The Morgan fingerprint density at radius 3 is 2.68 bits per heavy atom. The van der Waals surface area contributed by atoms with Gasteiger partial charge < -0.3 is 13.9 Å². The van der Waals surface area contributed by atoms with Crippen LogP contribution in [0.4, 0.5) is 0 Å². The molecule has 1 heterocycles. The highest BCUT2D eigenvalue weighted by atomic mass is 16.6. The SMILES string of the molecule is CCOC(=O)[C@H](OC(C)=O)c1cc2ccccc2o1. The summed E-state index contributed by atoms with van der Waals surface area (Å²) in [6.07, 6.45) is -1.16. The lowest BCUT2D eigenvalue weighted by atomic mass is 10.2. The van der Waals surface area contributed by atoms with E-state index >= 15 is 0 Å². The maximum atomic E-state index is 11.8. The van der Waals surface area contributed by atoms with Gasteiger partial charge >= 0.3 is 11.9 Å². The number of benzene rings is 1. The molecule has 5 nitrogen and oxygen atoms in total. The number of fused-ring (bicyclic) bond motifs is 1. The fourth-order valence-electron chi connectivity index (χ4n) is 1.74. The maximum absolute atomic E-state index is 11.8. The Hall–Kier alpha value is -2.30. The monoisotopic (exact) mass is 262 g/mol. The molecule has 0 saturated carbocycles. The van der Waals surface area contributed by atoms with Crippen LogP contribution in [-0.4, -0.2) is 18.5 Å². The molecule has 0 fully saturated rings. The molecule has 0 aliphatic carbocycles. The average molecular weight is 262 g/mol. The first-order valence-electron chi connectivity index (χ1n) is 5.94. The molecule has 2 aromatic rings. The molecule has 0 radical (unpaired) electrons. The number of furan rings is 1. The van der Waals surface area contributed by atoms with Crippen molar-refractivity contribution < 1.29 is 23.5 Å². The number of para-hydroxylation sites is 1. The van der Waals surface area contributed by atoms with E-state index in [0.717, 1.165) is 5.39 Å². The van der Waals surface area contributed by atoms with Crippen LogP contribution in [0, 0.1) is 0 Å². The summed E-state index contributed by atoms with van der Waals surface area (Å²) in [5.74, 6) is -0.954. The van der Waals surface area contributed by atoms with Gasteiger partial charge in [0.05, 0.1) is 6.61 Å². The molecule has 0 unspecified atom stereocenters. The summed E-state index contributed by atoms with van der Waals surface area (Å²) in [6, 6.07) is 8.96. The maximum Gasteiger partial charge on any atom is 0.355 e. The first kappa shape index (κ1) is 13.1. The van der Waals surface area contributed by atoms with Crippen LogP contribution in [0.3, 0.4) is 0 Å². The quantitative estimate of drug-likeness (QED) is 0.792. The molecule has 0 bridgehead atoms. The van der Waals surface area contributed by atoms with Crippen LogP contribution in [0.2, 0.25) is 0 Å². The summed E-state index contributed by atoms with van der Waals surface area (Å²) in [7, 11) is 0. The van der Waals surface area contributed by atoms with Crippen molar-refractivity contribution in [2.45, 2.75) is 20.0 Å². The van der Waals surface area contributed by atoms with Gasteiger partial charge in [-0.1, -0.05) is 18.2 Å². The highest BCUT2D eigenvalue weighted by molar-refractivity contribution is 5.83. The van der Waals surface area contributed by atoms with E-state index in [-0.39, 0.29) is 12.4 Å². The minimum atomic E-state index is -1.16. The van der Waals surface area contributed by atoms with Gasteiger partial charge in [0.2, 0.25) is 0 Å². The van der Waals surface area contributed by atoms with Crippen LogP contribution in [0.25, 0.3) is 11.0 Å². The number of rotatable bonds is 4. The van der Waals surface area contributed by atoms with Crippen molar-refractivity contribution in [3.63, 3.8) is 0 Å². The van der Waals surface area contributed by atoms with Gasteiger partial charge in [-0.05, 0) is 19.1 Å². The van der Waals surface area contributed by atoms with Gasteiger partial charge in [0.15, 0.2) is 5.76 Å². The minimum absolute atomic E-state index is 0.205. The fourth-order valence-corrected chi connectivity index (χ4v) is 1.74. The van der Waals surface area contributed by atoms with Crippen LogP contribution in [0.5, 0.6) is 0 Å². The van der Waals surface area contributed by atoms with Gasteiger partial charge in [0.25, 0.3) is 6.10 Å². The summed E-state index contributed by atoms with van der Waals surface area (Å²) in [4.78, 5) is 22.9. The van der Waals surface area contributed by atoms with Crippen molar-refractivity contribution in [1.82, 2.24) is 0 Å². The molecule has 0 N–H and O–H groups in total. The fraction of sp³-hybridized carbons (Fsp3) is 0.286. The third-order valence-electron chi connectivity index (χ3n) is 2.49.